The zero-order chi connectivity index (χ0) is 13.5. The molecule has 0 radical (unpaired) electrons. The molecule has 0 aliphatic carbocycles. The molecule has 2 atom stereocenters. The van der Waals surface area contributed by atoms with Gasteiger partial charge >= 0.3 is 0 Å². The molecule has 0 saturated carbocycles. The summed E-state index contributed by atoms with van der Waals surface area (Å²) in [5.74, 6) is 0.381. The maximum atomic E-state index is 9.46. The van der Waals surface area contributed by atoms with Crippen LogP contribution in [0.3, 0.4) is 0 Å². The first-order valence-electron chi connectivity index (χ1n) is 6.13. The van der Waals surface area contributed by atoms with Crippen molar-refractivity contribution in [2.75, 3.05) is 0 Å². The minimum Gasteiger partial charge on any atom is -0.439 e. The molecule has 1 heterocycles. The number of benzene rings is 1. The van der Waals surface area contributed by atoms with Gasteiger partial charge in [-0.25, -0.2) is 4.98 Å². The van der Waals surface area contributed by atoms with Crippen LogP contribution in [-0.2, 0) is 5.41 Å². The second kappa shape index (κ2) is 4.37. The third-order valence-electron chi connectivity index (χ3n) is 3.08. The number of nitrogens with two attached hydrogens (primary N) is 1. The van der Waals surface area contributed by atoms with Gasteiger partial charge in [-0.05, 0) is 30.0 Å². The van der Waals surface area contributed by atoms with Crippen molar-refractivity contribution in [2.24, 2.45) is 5.73 Å². The van der Waals surface area contributed by atoms with Crippen LogP contribution in [0.2, 0.25) is 0 Å². The van der Waals surface area contributed by atoms with E-state index in [4.69, 9.17) is 10.2 Å². The second-order valence-electron chi connectivity index (χ2n) is 5.75. The van der Waals surface area contributed by atoms with Crippen LogP contribution in [0, 0.1) is 0 Å². The maximum absolute atomic E-state index is 9.46. The van der Waals surface area contributed by atoms with Crippen molar-refractivity contribution in [1.29, 1.82) is 0 Å². The number of oxazole rings is 1. The summed E-state index contributed by atoms with van der Waals surface area (Å²) in [4.78, 5) is 4.36. The molecular weight excluding hydrogens is 228 g/mol. The summed E-state index contributed by atoms with van der Waals surface area (Å²) >= 11 is 0. The van der Waals surface area contributed by atoms with Crippen molar-refractivity contribution in [2.45, 2.75) is 45.3 Å². The van der Waals surface area contributed by atoms with Crippen LogP contribution in [-0.4, -0.2) is 16.2 Å². The third kappa shape index (κ3) is 2.40. The molecule has 0 saturated heterocycles. The molecule has 3 N–H and O–H groups in total. The Kier molecular flexibility index (Phi) is 3.17. The monoisotopic (exact) mass is 248 g/mol. The fourth-order valence-corrected chi connectivity index (χ4v) is 1.76. The van der Waals surface area contributed by atoms with Gasteiger partial charge in [0, 0.05) is 0 Å². The van der Waals surface area contributed by atoms with Crippen LogP contribution in [0.1, 0.15) is 45.2 Å². The Hall–Kier alpha value is -1.39. The fourth-order valence-electron chi connectivity index (χ4n) is 1.76. The predicted octanol–water partition coefficient (Wildman–Crippen LogP) is 2.51. The third-order valence-corrected chi connectivity index (χ3v) is 3.08. The topological polar surface area (TPSA) is 72.3 Å². The van der Waals surface area contributed by atoms with Crippen LogP contribution < -0.4 is 5.73 Å². The maximum Gasteiger partial charge on any atom is 0.215 e. The molecule has 98 valence electrons. The van der Waals surface area contributed by atoms with Gasteiger partial charge in [-0.3, -0.25) is 0 Å². The van der Waals surface area contributed by atoms with Gasteiger partial charge in [-0.2, -0.15) is 0 Å². The first-order valence-corrected chi connectivity index (χ1v) is 6.13. The van der Waals surface area contributed by atoms with E-state index in [1.54, 1.807) is 6.92 Å². The van der Waals surface area contributed by atoms with E-state index in [1.165, 1.54) is 5.56 Å². The first-order chi connectivity index (χ1) is 8.29. The zero-order valence-corrected chi connectivity index (χ0v) is 11.3. The summed E-state index contributed by atoms with van der Waals surface area (Å²) in [5.41, 5.74) is 8.57. The van der Waals surface area contributed by atoms with E-state index < -0.39 is 12.1 Å². The van der Waals surface area contributed by atoms with Crippen molar-refractivity contribution in [3.05, 3.63) is 29.7 Å². The van der Waals surface area contributed by atoms with Crippen LogP contribution in [0.15, 0.2) is 22.6 Å². The molecule has 4 nitrogen and oxygen atoms in total. The van der Waals surface area contributed by atoms with Crippen molar-refractivity contribution in [3.63, 3.8) is 0 Å². The summed E-state index contributed by atoms with van der Waals surface area (Å²) in [7, 11) is 0. The summed E-state index contributed by atoms with van der Waals surface area (Å²) in [6, 6.07) is 5.36. The number of hydrogen-bond donors (Lipinski definition) is 2. The molecule has 0 aliphatic heterocycles. The number of rotatable bonds is 2. The number of aliphatic hydroxyl groups excluding tert-OH is 1. The molecule has 2 rings (SSSR count). The lowest BCUT2D eigenvalue weighted by Crippen LogP contribution is -2.23. The van der Waals surface area contributed by atoms with Gasteiger partial charge in [0.2, 0.25) is 5.89 Å². The predicted molar refractivity (Wildman–Crippen MR) is 71.3 cm³/mol. The largest absolute Gasteiger partial charge is 0.439 e. The highest BCUT2D eigenvalue weighted by Gasteiger charge is 2.20. The highest BCUT2D eigenvalue weighted by molar-refractivity contribution is 5.73. The summed E-state index contributed by atoms with van der Waals surface area (Å²) in [6.07, 6.45) is -0.680. The van der Waals surface area contributed by atoms with Gasteiger partial charge in [0.05, 0.1) is 6.10 Å². The van der Waals surface area contributed by atoms with Crippen molar-refractivity contribution >= 4 is 11.1 Å². The summed E-state index contributed by atoms with van der Waals surface area (Å²) in [6.45, 7) is 8.07. The number of nitrogens with zero attached hydrogens (tertiary/aromatic N) is 1. The van der Waals surface area contributed by atoms with Crippen molar-refractivity contribution < 1.29 is 9.52 Å². The van der Waals surface area contributed by atoms with Gasteiger partial charge in [0.1, 0.15) is 11.6 Å². The number of aliphatic hydroxyl groups is 1. The Morgan fingerprint density at radius 2 is 2.00 bits per heavy atom. The molecule has 1 aromatic carbocycles. The second-order valence-corrected chi connectivity index (χ2v) is 5.75. The van der Waals surface area contributed by atoms with Gasteiger partial charge in [0.15, 0.2) is 5.58 Å². The lowest BCUT2D eigenvalue weighted by molar-refractivity contribution is 0.152. The molecule has 0 fully saturated rings. The molecule has 4 heteroatoms. The SMILES string of the molecule is CC(O)C(N)c1nc2cc(C(C)(C)C)ccc2o1. The minimum absolute atomic E-state index is 0.0691. The molecule has 0 amide bonds. The standard InChI is InChI=1S/C14H20N2O2/c1-8(17)12(15)13-16-10-7-9(14(2,3)4)5-6-11(10)18-13/h5-8,12,17H,15H2,1-4H3. The van der Waals surface area contributed by atoms with E-state index in [9.17, 15) is 5.11 Å². The normalized spacial score (nSPS) is 15.9. The van der Waals surface area contributed by atoms with Gasteiger partial charge in [-0.1, -0.05) is 26.8 Å². The van der Waals surface area contributed by atoms with Crippen molar-refractivity contribution in [3.8, 4) is 0 Å². The Bertz CT molecular complexity index is 552. The summed E-state index contributed by atoms with van der Waals surface area (Å²) < 4.78 is 5.56. The molecule has 1 aromatic heterocycles. The Morgan fingerprint density at radius 3 is 2.56 bits per heavy atom. The number of aromatic nitrogens is 1. The highest BCUT2D eigenvalue weighted by atomic mass is 16.4. The first kappa shape index (κ1) is 13.1. The van der Waals surface area contributed by atoms with Crippen LogP contribution in [0.5, 0.6) is 0 Å². The molecule has 0 aliphatic rings. The zero-order valence-electron chi connectivity index (χ0n) is 11.3. The molecule has 0 spiro atoms. The highest BCUT2D eigenvalue weighted by Crippen LogP contribution is 2.27. The van der Waals surface area contributed by atoms with E-state index in [1.807, 2.05) is 18.2 Å². The lowest BCUT2D eigenvalue weighted by atomic mass is 9.87. The number of fused-ring (bicyclic) bond motifs is 1. The van der Waals surface area contributed by atoms with E-state index in [0.717, 1.165) is 5.52 Å². The van der Waals surface area contributed by atoms with E-state index in [0.29, 0.717) is 11.5 Å². The van der Waals surface area contributed by atoms with Gasteiger partial charge in [0.25, 0.3) is 0 Å². The molecular formula is C14H20N2O2. The molecule has 2 aromatic rings. The van der Waals surface area contributed by atoms with Gasteiger partial charge in [-0.15, -0.1) is 0 Å². The van der Waals surface area contributed by atoms with Crippen LogP contribution in [0.25, 0.3) is 11.1 Å². The lowest BCUT2D eigenvalue weighted by Gasteiger charge is -2.18. The van der Waals surface area contributed by atoms with E-state index in [-0.39, 0.29) is 5.41 Å². The van der Waals surface area contributed by atoms with Gasteiger partial charge < -0.3 is 15.3 Å². The quantitative estimate of drug-likeness (QED) is 0.856. The summed E-state index contributed by atoms with van der Waals surface area (Å²) in [5, 5.41) is 9.46. The molecule has 0 bridgehead atoms. The number of hydrogen-bond acceptors (Lipinski definition) is 4. The Morgan fingerprint density at radius 1 is 1.33 bits per heavy atom. The molecule has 2 unspecified atom stereocenters. The smallest absolute Gasteiger partial charge is 0.215 e. The average molecular weight is 248 g/mol. The van der Waals surface area contributed by atoms with E-state index in [2.05, 4.69) is 25.8 Å². The van der Waals surface area contributed by atoms with Crippen LogP contribution in [0.4, 0.5) is 0 Å². The Labute approximate surface area is 107 Å². The van der Waals surface area contributed by atoms with E-state index >= 15 is 0 Å². The Balaban J connectivity index is 2.46. The minimum atomic E-state index is -0.680. The fraction of sp³-hybridized carbons (Fsp3) is 0.500. The average Bonchev–Trinajstić information content (AvgIpc) is 2.68. The van der Waals surface area contributed by atoms with Crippen LogP contribution >= 0.6 is 0 Å². The van der Waals surface area contributed by atoms with Crippen molar-refractivity contribution in [1.82, 2.24) is 4.98 Å². The molecule has 18 heavy (non-hydrogen) atoms.